The van der Waals surface area contributed by atoms with Crippen LogP contribution in [0.3, 0.4) is 0 Å². The third kappa shape index (κ3) is 5.88. The zero-order valence-electron chi connectivity index (χ0n) is 17.9. The van der Waals surface area contributed by atoms with Crippen molar-refractivity contribution in [2.45, 2.75) is 37.6 Å². The van der Waals surface area contributed by atoms with Gasteiger partial charge in [0.25, 0.3) is 0 Å². The first-order valence-electron chi connectivity index (χ1n) is 10.4. The van der Waals surface area contributed by atoms with E-state index >= 15 is 0 Å². The Hall–Kier alpha value is -2.21. The minimum Gasteiger partial charge on any atom is -0.396 e. The molecule has 3 rings (SSSR count). The van der Waals surface area contributed by atoms with Gasteiger partial charge in [-0.25, -0.2) is 4.39 Å². The summed E-state index contributed by atoms with van der Waals surface area (Å²) in [7, 11) is 0. The number of aliphatic hydroxyl groups excluding tert-OH is 2. The largest absolute Gasteiger partial charge is 0.416 e. The number of benzene rings is 2. The predicted molar refractivity (Wildman–Crippen MR) is 106 cm³/mol. The molecule has 2 N–H and O–H groups in total. The van der Waals surface area contributed by atoms with Gasteiger partial charge in [-0.05, 0) is 48.4 Å². The number of hydrogen-bond donors (Lipinski definition) is 2. The van der Waals surface area contributed by atoms with Gasteiger partial charge < -0.3 is 19.7 Å². The highest BCUT2D eigenvalue weighted by Gasteiger charge is 2.43. The van der Waals surface area contributed by atoms with Crippen molar-refractivity contribution in [1.29, 1.82) is 0 Å². The van der Waals surface area contributed by atoms with Crippen LogP contribution in [0.25, 0.3) is 0 Å². The van der Waals surface area contributed by atoms with Crippen molar-refractivity contribution in [3.63, 3.8) is 0 Å². The summed E-state index contributed by atoms with van der Waals surface area (Å²) in [6, 6.07) is 6.34. The van der Waals surface area contributed by atoms with E-state index in [9.17, 15) is 40.9 Å². The van der Waals surface area contributed by atoms with Crippen molar-refractivity contribution in [2.75, 3.05) is 19.8 Å². The summed E-state index contributed by atoms with van der Waals surface area (Å²) in [5.41, 5.74) is -2.84. The van der Waals surface area contributed by atoms with E-state index in [-0.39, 0.29) is 24.8 Å². The van der Waals surface area contributed by atoms with Crippen LogP contribution in [0.1, 0.15) is 41.2 Å². The zero-order valence-corrected chi connectivity index (χ0v) is 17.9. The molecule has 4 nitrogen and oxygen atoms in total. The zero-order chi connectivity index (χ0) is 25.3. The molecule has 2 aromatic rings. The van der Waals surface area contributed by atoms with Crippen LogP contribution in [0.15, 0.2) is 42.5 Å². The summed E-state index contributed by atoms with van der Waals surface area (Å²) in [6.07, 6.45) is -12.5. The molecular formula is C23H23F7O4. The van der Waals surface area contributed by atoms with Gasteiger partial charge in [0.2, 0.25) is 0 Å². The molecule has 0 amide bonds. The molecule has 1 aliphatic heterocycles. The summed E-state index contributed by atoms with van der Waals surface area (Å²) < 4.78 is 104. The lowest BCUT2D eigenvalue weighted by atomic mass is 9.76. The van der Waals surface area contributed by atoms with Gasteiger partial charge in [0.05, 0.1) is 23.8 Å². The standard InChI is InChI=1S/C23H23F7O4/c1-12(14-6-16(22(25,26)27)8-17(7-14)23(28,29)30)34-21-20(13-2-4-18(24)5-3-13)19(10-32)15(9-31)11-33-21/h2-8,12,15,19-21,31-32H,9-11H2,1H3/t12-,15+,19?,20+,21-/m1/s1. The van der Waals surface area contributed by atoms with E-state index in [1.54, 1.807) is 0 Å². The molecule has 1 saturated heterocycles. The van der Waals surface area contributed by atoms with Gasteiger partial charge in [0.1, 0.15) is 5.82 Å². The monoisotopic (exact) mass is 496 g/mol. The second kappa shape index (κ2) is 10.2. The molecule has 11 heteroatoms. The molecule has 0 saturated carbocycles. The minimum atomic E-state index is -5.01. The molecule has 0 aliphatic carbocycles. The molecule has 0 spiro atoms. The lowest BCUT2D eigenvalue weighted by Crippen LogP contribution is -2.45. The normalized spacial score (nSPS) is 24.8. The lowest BCUT2D eigenvalue weighted by Gasteiger charge is -2.42. The fourth-order valence-corrected chi connectivity index (χ4v) is 4.10. The van der Waals surface area contributed by atoms with Gasteiger partial charge in [-0.2, -0.15) is 26.3 Å². The number of aliphatic hydroxyl groups is 2. The number of rotatable bonds is 6. The second-order valence-corrected chi connectivity index (χ2v) is 8.19. The van der Waals surface area contributed by atoms with Crippen LogP contribution >= 0.6 is 0 Å². The van der Waals surface area contributed by atoms with Gasteiger partial charge >= 0.3 is 12.4 Å². The summed E-state index contributed by atoms with van der Waals surface area (Å²) in [4.78, 5) is 0. The van der Waals surface area contributed by atoms with E-state index in [2.05, 4.69) is 0 Å². The molecule has 1 fully saturated rings. The van der Waals surface area contributed by atoms with Crippen LogP contribution in [0, 0.1) is 17.7 Å². The maximum atomic E-state index is 13.4. The van der Waals surface area contributed by atoms with Crippen molar-refractivity contribution in [2.24, 2.45) is 11.8 Å². The summed E-state index contributed by atoms with van der Waals surface area (Å²) in [5.74, 6) is -2.43. The van der Waals surface area contributed by atoms with E-state index in [1.807, 2.05) is 0 Å². The summed E-state index contributed by atoms with van der Waals surface area (Å²) in [6.45, 7) is 0.473. The van der Waals surface area contributed by atoms with Crippen molar-refractivity contribution in [1.82, 2.24) is 0 Å². The Kier molecular flexibility index (Phi) is 7.91. The Morgan fingerprint density at radius 2 is 1.50 bits per heavy atom. The van der Waals surface area contributed by atoms with E-state index < -0.39 is 66.1 Å². The van der Waals surface area contributed by atoms with Gasteiger partial charge in [0, 0.05) is 31.0 Å². The van der Waals surface area contributed by atoms with Crippen molar-refractivity contribution in [3.8, 4) is 0 Å². The average molecular weight is 496 g/mol. The fraction of sp³-hybridized carbons (Fsp3) is 0.478. The van der Waals surface area contributed by atoms with Gasteiger partial charge in [-0.15, -0.1) is 0 Å². The quantitative estimate of drug-likeness (QED) is 0.534. The average Bonchev–Trinajstić information content (AvgIpc) is 2.77. The number of halogens is 7. The third-order valence-electron chi connectivity index (χ3n) is 5.95. The Morgan fingerprint density at radius 3 is 1.97 bits per heavy atom. The number of alkyl halides is 6. The Bertz CT molecular complexity index is 927. The van der Waals surface area contributed by atoms with Crippen molar-refractivity contribution >= 4 is 0 Å². The SMILES string of the molecule is C[C@@H](O[C@H]1OC[C@H](CO)C(CO)[C@@H]1c1ccc(F)cc1)c1cc(C(F)(F)F)cc(C(F)(F)F)c1. The molecule has 0 aromatic heterocycles. The van der Waals surface area contributed by atoms with Gasteiger partial charge in [0.15, 0.2) is 6.29 Å². The molecule has 34 heavy (non-hydrogen) atoms. The highest BCUT2D eigenvalue weighted by molar-refractivity contribution is 5.35. The maximum Gasteiger partial charge on any atom is 0.416 e. The topological polar surface area (TPSA) is 58.9 Å². The molecular weight excluding hydrogens is 473 g/mol. The fourth-order valence-electron chi connectivity index (χ4n) is 4.10. The molecule has 1 unspecified atom stereocenters. The first-order valence-corrected chi connectivity index (χ1v) is 10.4. The first-order chi connectivity index (χ1) is 15.8. The molecule has 5 atom stereocenters. The van der Waals surface area contributed by atoms with E-state index in [4.69, 9.17) is 9.47 Å². The number of hydrogen-bond acceptors (Lipinski definition) is 4. The van der Waals surface area contributed by atoms with Crippen LogP contribution < -0.4 is 0 Å². The van der Waals surface area contributed by atoms with E-state index in [0.717, 1.165) is 12.1 Å². The number of ether oxygens (including phenoxy) is 2. The van der Waals surface area contributed by atoms with Gasteiger partial charge in [-0.1, -0.05) is 12.1 Å². The first kappa shape index (κ1) is 26.4. The Labute approximate surface area is 190 Å². The Morgan fingerprint density at radius 1 is 0.941 bits per heavy atom. The highest BCUT2D eigenvalue weighted by Crippen LogP contribution is 2.42. The van der Waals surface area contributed by atoms with Crippen molar-refractivity contribution < 1.29 is 50.4 Å². The van der Waals surface area contributed by atoms with Gasteiger partial charge in [-0.3, -0.25) is 0 Å². The molecule has 188 valence electrons. The molecule has 2 aromatic carbocycles. The minimum absolute atomic E-state index is 0.0300. The molecule has 0 radical (unpaired) electrons. The Balaban J connectivity index is 1.97. The molecule has 0 bridgehead atoms. The highest BCUT2D eigenvalue weighted by atomic mass is 19.4. The van der Waals surface area contributed by atoms with Crippen LogP contribution in [-0.4, -0.2) is 36.3 Å². The smallest absolute Gasteiger partial charge is 0.396 e. The van der Waals surface area contributed by atoms with Crippen LogP contribution in [0.2, 0.25) is 0 Å². The second-order valence-electron chi connectivity index (χ2n) is 8.19. The van der Waals surface area contributed by atoms with E-state index in [1.165, 1.54) is 19.1 Å². The summed E-state index contributed by atoms with van der Waals surface area (Å²) in [5, 5.41) is 19.6. The lowest BCUT2D eigenvalue weighted by molar-refractivity contribution is -0.229. The predicted octanol–water partition coefficient (Wildman–Crippen LogP) is 5.30. The summed E-state index contributed by atoms with van der Waals surface area (Å²) >= 11 is 0. The van der Waals surface area contributed by atoms with Crippen molar-refractivity contribution in [3.05, 3.63) is 70.5 Å². The van der Waals surface area contributed by atoms with Crippen LogP contribution in [-0.2, 0) is 21.8 Å². The molecule has 1 aliphatic rings. The maximum absolute atomic E-state index is 13.4. The van der Waals surface area contributed by atoms with Crippen LogP contribution in [0.4, 0.5) is 30.7 Å². The molecule has 1 heterocycles. The van der Waals surface area contributed by atoms with Crippen LogP contribution in [0.5, 0.6) is 0 Å². The third-order valence-corrected chi connectivity index (χ3v) is 5.95. The van der Waals surface area contributed by atoms with E-state index in [0.29, 0.717) is 17.7 Å².